The van der Waals surface area contributed by atoms with Gasteiger partial charge in [-0.3, -0.25) is 4.68 Å². The predicted molar refractivity (Wildman–Crippen MR) is 113 cm³/mol. The van der Waals surface area contributed by atoms with Crippen molar-refractivity contribution >= 4 is 11.8 Å². The van der Waals surface area contributed by atoms with E-state index in [0.717, 1.165) is 61.9 Å². The minimum atomic E-state index is 0.0282. The Kier molecular flexibility index (Phi) is 5.27. The number of fused-ring (bicyclic) bond motifs is 1. The topological polar surface area (TPSA) is 71.2 Å². The van der Waals surface area contributed by atoms with Gasteiger partial charge in [0.2, 0.25) is 0 Å². The number of piperidine rings is 1. The Balaban J connectivity index is 1.39. The molecule has 29 heavy (non-hydrogen) atoms. The maximum absolute atomic E-state index is 13.0. The normalized spacial score (nSPS) is 19.6. The first-order valence-electron chi connectivity index (χ1n) is 10.7. The van der Waals surface area contributed by atoms with Crippen molar-refractivity contribution in [3.05, 3.63) is 29.0 Å². The maximum atomic E-state index is 13.0. The number of rotatable bonds is 3. The van der Waals surface area contributed by atoms with Crippen LogP contribution in [0.15, 0.2) is 6.07 Å². The van der Waals surface area contributed by atoms with E-state index in [4.69, 9.17) is 4.98 Å². The Hall–Kier alpha value is -2.51. The second kappa shape index (κ2) is 7.72. The van der Waals surface area contributed by atoms with Gasteiger partial charge in [-0.25, -0.2) is 9.78 Å². The number of hydrogen-bond acceptors (Lipinski definition) is 4. The second-order valence-corrected chi connectivity index (χ2v) is 8.75. The lowest BCUT2D eigenvalue weighted by Gasteiger charge is -2.36. The monoisotopic (exact) mass is 399 g/mol. The molecule has 0 saturated carbocycles. The van der Waals surface area contributed by atoms with Crippen molar-refractivity contribution in [3.63, 3.8) is 0 Å². The summed E-state index contributed by atoms with van der Waals surface area (Å²) >= 11 is 0. The first-order chi connectivity index (χ1) is 13.8. The highest BCUT2D eigenvalue weighted by atomic mass is 16.2. The molecule has 2 amide bonds. The zero-order valence-electron chi connectivity index (χ0n) is 18.3. The molecule has 0 radical (unpaired) electrons. The first-order valence-corrected chi connectivity index (χ1v) is 10.7. The SMILES string of the molecule is Cc1cc(N2CCCC(NC(=O)N3CCc4c(nc(C(C)C)n4C)C3)C2)n(C)n1. The van der Waals surface area contributed by atoms with E-state index in [0.29, 0.717) is 12.5 Å². The van der Waals surface area contributed by atoms with Gasteiger partial charge in [0.25, 0.3) is 0 Å². The van der Waals surface area contributed by atoms with E-state index in [9.17, 15) is 4.79 Å². The van der Waals surface area contributed by atoms with Gasteiger partial charge in [0.05, 0.1) is 17.9 Å². The van der Waals surface area contributed by atoms with Crippen molar-refractivity contribution in [2.45, 2.75) is 58.5 Å². The van der Waals surface area contributed by atoms with E-state index in [1.165, 1.54) is 5.69 Å². The molecule has 4 heterocycles. The summed E-state index contributed by atoms with van der Waals surface area (Å²) in [7, 11) is 4.07. The van der Waals surface area contributed by atoms with Crippen LogP contribution in [0.5, 0.6) is 0 Å². The molecule has 0 spiro atoms. The molecule has 0 aromatic carbocycles. The third kappa shape index (κ3) is 3.84. The molecule has 158 valence electrons. The van der Waals surface area contributed by atoms with Gasteiger partial charge < -0.3 is 19.7 Å². The van der Waals surface area contributed by atoms with Crippen LogP contribution in [0, 0.1) is 6.92 Å². The third-order valence-electron chi connectivity index (χ3n) is 6.14. The molecule has 8 nitrogen and oxygen atoms in total. The highest BCUT2D eigenvalue weighted by Crippen LogP contribution is 2.24. The van der Waals surface area contributed by atoms with Crippen molar-refractivity contribution in [1.82, 2.24) is 29.5 Å². The van der Waals surface area contributed by atoms with Crippen molar-refractivity contribution < 1.29 is 4.79 Å². The quantitative estimate of drug-likeness (QED) is 0.860. The Morgan fingerprint density at radius 2 is 2.07 bits per heavy atom. The molecule has 1 unspecified atom stereocenters. The summed E-state index contributed by atoms with van der Waals surface area (Å²) in [4.78, 5) is 22.0. The van der Waals surface area contributed by atoms with Crippen molar-refractivity contribution in [1.29, 1.82) is 0 Å². The summed E-state index contributed by atoms with van der Waals surface area (Å²) in [6, 6.07) is 2.30. The van der Waals surface area contributed by atoms with Crippen LogP contribution >= 0.6 is 0 Å². The Labute approximate surface area is 172 Å². The van der Waals surface area contributed by atoms with Crippen LogP contribution in [-0.2, 0) is 27.1 Å². The Bertz CT molecular complexity index is 897. The smallest absolute Gasteiger partial charge is 0.318 e. The van der Waals surface area contributed by atoms with Crippen LogP contribution in [0.2, 0.25) is 0 Å². The molecule has 1 saturated heterocycles. The lowest BCUT2D eigenvalue weighted by molar-refractivity contribution is 0.185. The van der Waals surface area contributed by atoms with Crippen LogP contribution < -0.4 is 10.2 Å². The standard InChI is InChI=1S/C21H33N7O/c1-14(2)20-23-17-13-28(10-8-18(17)25(20)4)21(29)22-16-7-6-9-27(12-16)19-11-15(3)24-26(19)5/h11,14,16H,6-10,12-13H2,1-5H3,(H,22,29). The van der Waals surface area contributed by atoms with Gasteiger partial charge in [-0.2, -0.15) is 5.10 Å². The molecule has 2 aromatic rings. The number of aryl methyl sites for hydroxylation is 2. The second-order valence-electron chi connectivity index (χ2n) is 8.75. The van der Waals surface area contributed by atoms with Crippen LogP contribution in [-0.4, -0.2) is 55.9 Å². The number of nitrogens with zero attached hydrogens (tertiary/aromatic N) is 6. The van der Waals surface area contributed by atoms with Crippen LogP contribution in [0.1, 0.15) is 55.5 Å². The summed E-state index contributed by atoms with van der Waals surface area (Å²) in [5, 5.41) is 7.73. The molecule has 2 aliphatic rings. The summed E-state index contributed by atoms with van der Waals surface area (Å²) in [6.07, 6.45) is 2.95. The van der Waals surface area contributed by atoms with Crippen molar-refractivity contribution in [2.24, 2.45) is 14.1 Å². The number of nitrogens with one attached hydrogen (secondary N) is 1. The predicted octanol–water partition coefficient (Wildman–Crippen LogP) is 2.32. The zero-order chi connectivity index (χ0) is 20.7. The Morgan fingerprint density at radius 1 is 1.28 bits per heavy atom. The molecule has 2 aromatic heterocycles. The molecular formula is C21H33N7O. The first kappa shape index (κ1) is 19.8. The van der Waals surface area contributed by atoms with Crippen LogP contribution in [0.4, 0.5) is 10.6 Å². The number of amides is 2. The van der Waals surface area contributed by atoms with Crippen LogP contribution in [0.25, 0.3) is 0 Å². The van der Waals surface area contributed by atoms with Gasteiger partial charge in [-0.05, 0) is 19.8 Å². The number of urea groups is 1. The number of carbonyl (C=O) groups excluding carboxylic acids is 1. The van der Waals surface area contributed by atoms with Gasteiger partial charge in [0.1, 0.15) is 11.6 Å². The molecule has 0 bridgehead atoms. The van der Waals surface area contributed by atoms with Gasteiger partial charge in [0.15, 0.2) is 0 Å². The maximum Gasteiger partial charge on any atom is 0.318 e. The largest absolute Gasteiger partial charge is 0.355 e. The molecule has 2 aliphatic heterocycles. The van der Waals surface area contributed by atoms with E-state index in [2.05, 4.69) is 46.8 Å². The minimum Gasteiger partial charge on any atom is -0.355 e. The zero-order valence-corrected chi connectivity index (χ0v) is 18.3. The lowest BCUT2D eigenvalue weighted by Crippen LogP contribution is -2.52. The van der Waals surface area contributed by atoms with Gasteiger partial charge in [-0.1, -0.05) is 13.8 Å². The summed E-state index contributed by atoms with van der Waals surface area (Å²) in [5.74, 6) is 2.61. The number of anilines is 1. The molecule has 1 fully saturated rings. The number of carbonyl (C=O) groups is 1. The summed E-state index contributed by atoms with van der Waals surface area (Å²) < 4.78 is 4.14. The van der Waals surface area contributed by atoms with E-state index in [1.807, 2.05) is 23.6 Å². The molecular weight excluding hydrogens is 366 g/mol. The molecule has 1 atom stereocenters. The average Bonchev–Trinajstić information content (AvgIpc) is 3.20. The fourth-order valence-electron chi connectivity index (χ4n) is 4.70. The highest BCUT2D eigenvalue weighted by Gasteiger charge is 2.29. The van der Waals surface area contributed by atoms with E-state index in [-0.39, 0.29) is 12.1 Å². The Morgan fingerprint density at radius 3 is 2.76 bits per heavy atom. The fourth-order valence-corrected chi connectivity index (χ4v) is 4.70. The highest BCUT2D eigenvalue weighted by molar-refractivity contribution is 5.75. The number of hydrogen-bond donors (Lipinski definition) is 1. The van der Waals surface area contributed by atoms with Crippen molar-refractivity contribution in [3.8, 4) is 0 Å². The molecule has 8 heteroatoms. The number of imidazole rings is 1. The molecule has 1 N–H and O–H groups in total. The third-order valence-corrected chi connectivity index (χ3v) is 6.14. The summed E-state index contributed by atoms with van der Waals surface area (Å²) in [5.41, 5.74) is 3.34. The van der Waals surface area contributed by atoms with Gasteiger partial charge in [-0.15, -0.1) is 0 Å². The van der Waals surface area contributed by atoms with E-state index < -0.39 is 0 Å². The number of aromatic nitrogens is 4. The molecule has 4 rings (SSSR count). The van der Waals surface area contributed by atoms with Gasteiger partial charge in [0, 0.05) is 63.9 Å². The van der Waals surface area contributed by atoms with Crippen molar-refractivity contribution in [2.75, 3.05) is 24.5 Å². The van der Waals surface area contributed by atoms with E-state index in [1.54, 1.807) is 0 Å². The fraction of sp³-hybridized carbons (Fsp3) is 0.667. The van der Waals surface area contributed by atoms with E-state index >= 15 is 0 Å². The van der Waals surface area contributed by atoms with Gasteiger partial charge >= 0.3 is 6.03 Å². The summed E-state index contributed by atoms with van der Waals surface area (Å²) in [6.45, 7) is 9.51. The minimum absolute atomic E-state index is 0.0282. The molecule has 0 aliphatic carbocycles. The van der Waals surface area contributed by atoms with Crippen LogP contribution in [0.3, 0.4) is 0 Å². The average molecular weight is 400 g/mol. The lowest BCUT2D eigenvalue weighted by atomic mass is 10.1.